The Hall–Kier alpha value is -2.99. The first-order valence-corrected chi connectivity index (χ1v) is 15.2. The topological polar surface area (TPSA) is 88.5 Å². The van der Waals surface area contributed by atoms with Crippen molar-refractivity contribution in [3.05, 3.63) is 108 Å². The highest BCUT2D eigenvalue weighted by molar-refractivity contribution is 9.10. The van der Waals surface area contributed by atoms with Crippen molar-refractivity contribution in [3.63, 3.8) is 0 Å². The van der Waals surface area contributed by atoms with E-state index in [4.69, 9.17) is 0 Å². The molecule has 3 amide bonds. The average molecular weight is 685 g/mol. The maximum absolute atomic E-state index is 13.9. The lowest BCUT2D eigenvalue weighted by Gasteiger charge is -2.30. The number of rotatable bonds is 5. The number of nitrogens with one attached hydrogen (secondary N) is 1. The number of benzene rings is 3. The first kappa shape index (κ1) is 26.2. The summed E-state index contributed by atoms with van der Waals surface area (Å²) < 4.78 is 3.08. The van der Waals surface area contributed by atoms with E-state index < -0.39 is 17.1 Å². The van der Waals surface area contributed by atoms with E-state index in [-0.39, 0.29) is 29.1 Å². The summed E-state index contributed by atoms with van der Waals surface area (Å²) in [4.78, 5) is 55.5. The number of hydrogen-bond donors (Lipinski definition) is 1. The number of thiazole rings is 1. The second kappa shape index (κ2) is 10.5. The fourth-order valence-corrected chi connectivity index (χ4v) is 8.48. The highest BCUT2D eigenvalue weighted by Gasteiger charge is 2.56. The van der Waals surface area contributed by atoms with E-state index in [0.29, 0.717) is 21.3 Å². The standard InChI is InChI=1S/C28H19Br2N3O4S2/c29-16-9-11-19(12-10-16)33-25(35)22-21(15-5-4-6-17(30)13-15)24-27(38-23(22)26(33)36)32(28(37)39-24)14-20(34)31-18-7-2-1-3-8-18/h1-13,21-23H,14H2,(H,31,34)/t21-,22?,23?/m1/s1. The van der Waals surface area contributed by atoms with Crippen LogP contribution in [-0.4, -0.2) is 27.5 Å². The van der Waals surface area contributed by atoms with Gasteiger partial charge in [0.15, 0.2) is 0 Å². The molecule has 1 N–H and O–H groups in total. The predicted molar refractivity (Wildman–Crippen MR) is 159 cm³/mol. The van der Waals surface area contributed by atoms with Gasteiger partial charge in [0.1, 0.15) is 11.8 Å². The van der Waals surface area contributed by atoms with Crippen LogP contribution in [0.15, 0.2) is 97.6 Å². The summed E-state index contributed by atoms with van der Waals surface area (Å²) in [6.07, 6.45) is 0. The minimum absolute atomic E-state index is 0.201. The van der Waals surface area contributed by atoms with E-state index in [1.807, 2.05) is 42.5 Å². The average Bonchev–Trinajstić information content (AvgIpc) is 3.36. The van der Waals surface area contributed by atoms with Crippen LogP contribution >= 0.6 is 55.0 Å². The molecule has 2 aliphatic rings. The second-order valence-electron chi connectivity index (χ2n) is 9.12. The number of thioether (sulfide) groups is 1. The number of hydrogen-bond acceptors (Lipinski definition) is 6. The van der Waals surface area contributed by atoms with Gasteiger partial charge < -0.3 is 5.32 Å². The van der Waals surface area contributed by atoms with E-state index in [0.717, 1.165) is 25.8 Å². The van der Waals surface area contributed by atoms with Gasteiger partial charge >= 0.3 is 4.87 Å². The third-order valence-corrected chi connectivity index (χ3v) is 10.3. The van der Waals surface area contributed by atoms with Gasteiger partial charge in [-0.25, -0.2) is 4.90 Å². The molecule has 39 heavy (non-hydrogen) atoms. The predicted octanol–water partition coefficient (Wildman–Crippen LogP) is 5.87. The molecule has 0 saturated carbocycles. The highest BCUT2D eigenvalue weighted by atomic mass is 79.9. The van der Waals surface area contributed by atoms with Gasteiger partial charge in [0.05, 0.1) is 16.6 Å². The Balaban J connectivity index is 1.42. The van der Waals surface area contributed by atoms with Crippen LogP contribution in [0, 0.1) is 5.92 Å². The minimum Gasteiger partial charge on any atom is -0.325 e. The first-order valence-electron chi connectivity index (χ1n) is 12.0. The summed E-state index contributed by atoms with van der Waals surface area (Å²) in [5.41, 5.74) is 1.95. The van der Waals surface area contributed by atoms with Gasteiger partial charge in [-0.05, 0) is 54.1 Å². The van der Waals surface area contributed by atoms with Crippen molar-refractivity contribution in [2.45, 2.75) is 22.7 Å². The second-order valence-corrected chi connectivity index (χ2v) is 13.1. The summed E-state index contributed by atoms with van der Waals surface area (Å²) >= 11 is 9.15. The molecule has 0 radical (unpaired) electrons. The quantitative estimate of drug-likeness (QED) is 0.266. The molecule has 4 aromatic rings. The van der Waals surface area contributed by atoms with Crippen LogP contribution in [0.2, 0.25) is 0 Å². The van der Waals surface area contributed by atoms with Gasteiger partial charge in [0.2, 0.25) is 17.7 Å². The number of para-hydroxylation sites is 1. The van der Waals surface area contributed by atoms with E-state index in [1.165, 1.54) is 21.2 Å². The molecule has 1 aromatic heterocycles. The molecule has 0 aliphatic carbocycles. The number of aromatic nitrogens is 1. The molecule has 7 nitrogen and oxygen atoms in total. The summed E-state index contributed by atoms with van der Waals surface area (Å²) in [7, 11) is 0. The molecule has 6 rings (SSSR count). The SMILES string of the molecule is O=C(Cn1c2c(sc1=O)[C@H](c1cccc(Br)c1)C1C(=O)N(c3ccc(Br)cc3)C(=O)C1S2)Nc1ccccc1. The molecule has 196 valence electrons. The normalized spacial score (nSPS) is 20.1. The number of nitrogens with zero attached hydrogens (tertiary/aromatic N) is 2. The molecule has 11 heteroatoms. The molecule has 2 unspecified atom stereocenters. The van der Waals surface area contributed by atoms with Crippen LogP contribution in [-0.2, 0) is 20.9 Å². The van der Waals surface area contributed by atoms with E-state index in [2.05, 4.69) is 37.2 Å². The number of fused-ring (bicyclic) bond motifs is 2. The summed E-state index contributed by atoms with van der Waals surface area (Å²) in [5.74, 6) is -2.20. The number of carbonyl (C=O) groups is 3. The van der Waals surface area contributed by atoms with Crippen LogP contribution in [0.5, 0.6) is 0 Å². The van der Waals surface area contributed by atoms with E-state index >= 15 is 0 Å². The van der Waals surface area contributed by atoms with Crippen molar-refractivity contribution in [2.75, 3.05) is 10.2 Å². The Morgan fingerprint density at radius 1 is 0.872 bits per heavy atom. The fraction of sp³-hybridized carbons (Fsp3) is 0.143. The van der Waals surface area contributed by atoms with Crippen LogP contribution in [0.1, 0.15) is 16.4 Å². The summed E-state index contributed by atoms with van der Waals surface area (Å²) in [6.45, 7) is -0.201. The number of amides is 3. The van der Waals surface area contributed by atoms with E-state index in [1.54, 1.807) is 36.4 Å². The van der Waals surface area contributed by atoms with Gasteiger partial charge in [-0.2, -0.15) is 0 Å². The minimum atomic E-state index is -0.741. The molecular weight excluding hydrogens is 666 g/mol. The number of imide groups is 1. The van der Waals surface area contributed by atoms with Crippen LogP contribution in [0.3, 0.4) is 0 Å². The third kappa shape index (κ3) is 4.82. The Labute approximate surface area is 248 Å². The highest BCUT2D eigenvalue weighted by Crippen LogP contribution is 2.54. The number of carbonyl (C=O) groups excluding carboxylic acids is 3. The smallest absolute Gasteiger partial charge is 0.308 e. The van der Waals surface area contributed by atoms with Crippen molar-refractivity contribution in [2.24, 2.45) is 5.92 Å². The lowest BCUT2D eigenvalue weighted by atomic mass is 9.83. The van der Waals surface area contributed by atoms with Crippen molar-refractivity contribution in [1.82, 2.24) is 4.57 Å². The number of halogens is 2. The zero-order chi connectivity index (χ0) is 27.3. The maximum atomic E-state index is 13.9. The Bertz CT molecular complexity index is 1670. The third-order valence-electron chi connectivity index (χ3n) is 6.70. The van der Waals surface area contributed by atoms with Crippen molar-refractivity contribution >= 4 is 84.1 Å². The molecule has 3 heterocycles. The molecule has 3 atom stereocenters. The fourth-order valence-electron chi connectivity index (χ4n) is 5.02. The maximum Gasteiger partial charge on any atom is 0.308 e. The van der Waals surface area contributed by atoms with Crippen molar-refractivity contribution < 1.29 is 14.4 Å². The number of anilines is 2. The Morgan fingerprint density at radius 2 is 1.62 bits per heavy atom. The summed E-state index contributed by atoms with van der Waals surface area (Å²) in [5, 5.41) is 2.63. The molecule has 0 spiro atoms. The molecule has 1 fully saturated rings. The monoisotopic (exact) mass is 683 g/mol. The zero-order valence-corrected chi connectivity index (χ0v) is 24.8. The molecule has 1 saturated heterocycles. The van der Waals surface area contributed by atoms with Crippen molar-refractivity contribution in [3.8, 4) is 0 Å². The van der Waals surface area contributed by atoms with Crippen molar-refractivity contribution in [1.29, 1.82) is 0 Å². The Morgan fingerprint density at radius 3 is 2.33 bits per heavy atom. The molecule has 3 aromatic carbocycles. The largest absolute Gasteiger partial charge is 0.325 e. The van der Waals surface area contributed by atoms with Crippen LogP contribution in [0.25, 0.3) is 0 Å². The van der Waals surface area contributed by atoms with E-state index in [9.17, 15) is 19.2 Å². The molecule has 2 aliphatic heterocycles. The molecule has 0 bridgehead atoms. The summed E-state index contributed by atoms with van der Waals surface area (Å²) in [6, 6.07) is 23.6. The van der Waals surface area contributed by atoms with Crippen LogP contribution in [0.4, 0.5) is 11.4 Å². The Kier molecular flexibility index (Phi) is 7.09. The van der Waals surface area contributed by atoms with Gasteiger partial charge in [-0.3, -0.25) is 23.7 Å². The van der Waals surface area contributed by atoms with Gasteiger partial charge in [-0.1, -0.05) is 85.3 Å². The lowest BCUT2D eigenvalue weighted by molar-refractivity contribution is -0.122. The van der Waals surface area contributed by atoms with Gasteiger partial charge in [0, 0.05) is 25.4 Å². The zero-order valence-electron chi connectivity index (χ0n) is 20.0. The van der Waals surface area contributed by atoms with Gasteiger partial charge in [0.25, 0.3) is 0 Å². The first-order chi connectivity index (χ1) is 18.8. The van der Waals surface area contributed by atoms with Gasteiger partial charge in [-0.15, -0.1) is 0 Å². The van der Waals surface area contributed by atoms with Crippen LogP contribution < -0.4 is 15.1 Å². The molecular formula is C28H19Br2N3O4S2. The lowest BCUT2D eigenvalue weighted by Crippen LogP contribution is -2.33.